The molecule has 3 heterocycles. The van der Waals surface area contributed by atoms with Crippen LogP contribution in [-0.2, 0) is 38.1 Å². The van der Waals surface area contributed by atoms with Gasteiger partial charge in [0.15, 0.2) is 11.7 Å². The highest BCUT2D eigenvalue weighted by Crippen LogP contribution is 2.63. The molecular weight excluding hydrogens is 484 g/mol. The lowest BCUT2D eigenvalue weighted by Crippen LogP contribution is -2.69. The number of esters is 3. The van der Waals surface area contributed by atoms with Crippen LogP contribution in [0.3, 0.4) is 0 Å². The highest BCUT2D eigenvalue weighted by Gasteiger charge is 2.77. The number of epoxide rings is 2. The first kappa shape index (κ1) is 25.0. The maximum absolute atomic E-state index is 12.8. The van der Waals surface area contributed by atoms with Crippen molar-refractivity contribution in [3.8, 4) is 0 Å². The predicted octanol–water partition coefficient (Wildman–Crippen LogP) is 0.488. The first-order valence-electron chi connectivity index (χ1n) is 11.8. The zero-order valence-corrected chi connectivity index (χ0v) is 20.9. The van der Waals surface area contributed by atoms with Gasteiger partial charge in [0, 0.05) is 25.2 Å². The summed E-state index contributed by atoms with van der Waals surface area (Å²) in [6, 6.07) is 0. The fourth-order valence-corrected chi connectivity index (χ4v) is 7.31. The number of carbonyl (C=O) groups excluding carboxylic acids is 3. The molecule has 0 radical (unpaired) electrons. The summed E-state index contributed by atoms with van der Waals surface area (Å²) in [5, 5.41) is 22.2. The molecule has 3 aliphatic heterocycles. The van der Waals surface area contributed by atoms with E-state index in [1.54, 1.807) is 6.92 Å². The van der Waals surface area contributed by atoms with Gasteiger partial charge < -0.3 is 33.9 Å². The molecule has 5 fully saturated rings. The molecule has 0 amide bonds. The van der Waals surface area contributed by atoms with E-state index in [2.05, 4.69) is 6.58 Å². The zero-order chi connectivity index (χ0) is 25.8. The SMILES string of the molecule is C=C1[C@H]2O[C@H]2[C@H](OC(C)=O)[C@]2(C)[C@H]([C@@H](C)[C@H](O)[C@@H]3O[C@@H]32)[C@H](OC(C)=O)[C@]2(O)[C@@H](C)C(=O)O[C@H]2[C@H]1Cl. The Morgan fingerprint density at radius 2 is 1.66 bits per heavy atom. The molecule has 0 aromatic heterocycles. The summed E-state index contributed by atoms with van der Waals surface area (Å²) in [6.07, 6.45) is -6.89. The van der Waals surface area contributed by atoms with Gasteiger partial charge in [-0.25, -0.2) is 0 Å². The van der Waals surface area contributed by atoms with E-state index in [0.29, 0.717) is 5.57 Å². The summed E-state index contributed by atoms with van der Waals surface area (Å²) in [5.74, 6) is -4.53. The van der Waals surface area contributed by atoms with Gasteiger partial charge in [-0.2, -0.15) is 0 Å². The number of ether oxygens (including phenoxy) is 5. The fourth-order valence-electron chi connectivity index (χ4n) is 6.93. The van der Waals surface area contributed by atoms with E-state index < -0.39 is 101 Å². The van der Waals surface area contributed by atoms with E-state index in [1.807, 2.05) is 6.92 Å². The molecule has 0 unspecified atom stereocenters. The molecule has 0 spiro atoms. The van der Waals surface area contributed by atoms with Crippen molar-refractivity contribution in [2.24, 2.45) is 23.2 Å². The highest BCUT2D eigenvalue weighted by molar-refractivity contribution is 6.23. The van der Waals surface area contributed by atoms with Gasteiger partial charge in [0.05, 0.1) is 23.5 Å². The van der Waals surface area contributed by atoms with Crippen LogP contribution in [0, 0.1) is 23.2 Å². The maximum Gasteiger partial charge on any atom is 0.312 e. The number of hydrogen-bond acceptors (Lipinski definition) is 10. The van der Waals surface area contributed by atoms with Crippen molar-refractivity contribution in [1.82, 2.24) is 0 Å². The summed E-state index contributed by atoms with van der Waals surface area (Å²) >= 11 is 6.74. The van der Waals surface area contributed by atoms with Crippen molar-refractivity contribution in [2.45, 2.75) is 94.4 Å². The molecule has 5 rings (SSSR count). The minimum Gasteiger partial charge on any atom is -0.459 e. The molecule has 11 heteroatoms. The Balaban J connectivity index is 1.75. The lowest BCUT2D eigenvalue weighted by molar-refractivity contribution is -0.224. The third kappa shape index (κ3) is 3.33. The molecule has 0 bridgehead atoms. The second-order valence-electron chi connectivity index (χ2n) is 10.8. The summed E-state index contributed by atoms with van der Waals surface area (Å²) in [5.41, 5.74) is -2.82. The van der Waals surface area contributed by atoms with Crippen LogP contribution >= 0.6 is 11.6 Å². The van der Waals surface area contributed by atoms with Crippen molar-refractivity contribution >= 4 is 29.5 Å². The molecule has 35 heavy (non-hydrogen) atoms. The van der Waals surface area contributed by atoms with Gasteiger partial charge in [-0.05, 0) is 18.4 Å². The molecule has 2 saturated carbocycles. The summed E-state index contributed by atoms with van der Waals surface area (Å²) in [7, 11) is 0. The fraction of sp³-hybridized carbons (Fsp3) is 0.792. The van der Waals surface area contributed by atoms with Gasteiger partial charge >= 0.3 is 17.9 Å². The minimum atomic E-state index is -2.08. The standard InChI is InChI=1S/C24H31ClO10/c1-7-12-18(31-10(4)26)24(30)9(3)22(29)35-19(24)13(25)8(2)15-17(33-15)21(32-11(5)27)23(12,6)20-16(34-20)14(7)28/h7,9,12-21,28,30H,2H2,1,3-6H3/t7-,9+,12-,13+,14+,15-,16+,17-,18+,19+,20+,21+,23-,24-/m1/s1. The smallest absolute Gasteiger partial charge is 0.312 e. The van der Waals surface area contributed by atoms with E-state index >= 15 is 0 Å². The molecule has 5 aliphatic rings. The summed E-state index contributed by atoms with van der Waals surface area (Å²) in [4.78, 5) is 37.4. The van der Waals surface area contributed by atoms with E-state index in [9.17, 15) is 24.6 Å². The first-order valence-corrected chi connectivity index (χ1v) is 12.3. The molecule has 14 atom stereocenters. The van der Waals surface area contributed by atoms with Crippen molar-refractivity contribution < 1.29 is 48.3 Å². The number of rotatable bonds is 2. The minimum absolute atomic E-state index is 0.347. The molecule has 0 aromatic carbocycles. The van der Waals surface area contributed by atoms with E-state index in [-0.39, 0.29) is 0 Å². The second-order valence-corrected chi connectivity index (χ2v) is 11.3. The van der Waals surface area contributed by atoms with E-state index in [1.165, 1.54) is 20.8 Å². The van der Waals surface area contributed by atoms with Crippen LogP contribution in [0.25, 0.3) is 0 Å². The van der Waals surface area contributed by atoms with Crippen LogP contribution in [0.5, 0.6) is 0 Å². The number of hydrogen-bond donors (Lipinski definition) is 2. The Kier molecular flexibility index (Phi) is 5.62. The van der Waals surface area contributed by atoms with Crippen molar-refractivity contribution in [2.75, 3.05) is 0 Å². The third-order valence-corrected chi connectivity index (χ3v) is 9.34. The Bertz CT molecular complexity index is 985. The van der Waals surface area contributed by atoms with E-state index in [4.69, 9.17) is 35.3 Å². The molecule has 2 N–H and O–H groups in total. The average molecular weight is 515 g/mol. The lowest BCUT2D eigenvalue weighted by atomic mass is 9.53. The van der Waals surface area contributed by atoms with Crippen molar-refractivity contribution in [1.29, 1.82) is 0 Å². The van der Waals surface area contributed by atoms with Crippen LogP contribution in [0.4, 0.5) is 0 Å². The Hall–Kier alpha value is -1.72. The number of fused-ring (bicyclic) bond motifs is 5. The van der Waals surface area contributed by atoms with Gasteiger partial charge in [-0.15, -0.1) is 11.6 Å². The third-order valence-electron chi connectivity index (χ3n) is 8.83. The topological polar surface area (TPSA) is 144 Å². The molecule has 194 valence electrons. The number of carbonyl (C=O) groups is 3. The Morgan fingerprint density at radius 1 is 1.06 bits per heavy atom. The summed E-state index contributed by atoms with van der Waals surface area (Å²) < 4.78 is 29.0. The normalized spacial score (nSPS) is 54.3. The van der Waals surface area contributed by atoms with Gasteiger partial charge in [-0.3, -0.25) is 14.4 Å². The van der Waals surface area contributed by atoms with Gasteiger partial charge in [0.25, 0.3) is 0 Å². The molecule has 2 aliphatic carbocycles. The van der Waals surface area contributed by atoms with Crippen LogP contribution in [0.15, 0.2) is 12.2 Å². The van der Waals surface area contributed by atoms with Gasteiger partial charge in [0.1, 0.15) is 30.5 Å². The van der Waals surface area contributed by atoms with Crippen LogP contribution in [-0.4, -0.2) is 87.9 Å². The first-order chi connectivity index (χ1) is 16.3. The zero-order valence-electron chi connectivity index (χ0n) is 20.2. The maximum atomic E-state index is 12.8. The van der Waals surface area contributed by atoms with Crippen LogP contribution in [0.2, 0.25) is 0 Å². The molecule has 3 saturated heterocycles. The average Bonchev–Trinajstić information content (AvgIpc) is 3.69. The van der Waals surface area contributed by atoms with Crippen molar-refractivity contribution in [3.63, 3.8) is 0 Å². The van der Waals surface area contributed by atoms with Crippen LogP contribution in [0.1, 0.15) is 34.6 Å². The lowest BCUT2D eigenvalue weighted by Gasteiger charge is -2.54. The number of alkyl halides is 1. The number of aliphatic hydroxyl groups excluding tert-OH is 1. The van der Waals surface area contributed by atoms with Crippen LogP contribution < -0.4 is 0 Å². The van der Waals surface area contributed by atoms with Crippen molar-refractivity contribution in [3.05, 3.63) is 12.2 Å². The predicted molar refractivity (Wildman–Crippen MR) is 118 cm³/mol. The Morgan fingerprint density at radius 3 is 2.26 bits per heavy atom. The quantitative estimate of drug-likeness (QED) is 0.175. The highest BCUT2D eigenvalue weighted by atomic mass is 35.5. The monoisotopic (exact) mass is 514 g/mol. The largest absolute Gasteiger partial charge is 0.459 e. The number of halogens is 1. The second kappa shape index (κ2) is 7.89. The molecule has 0 aromatic rings. The van der Waals surface area contributed by atoms with Gasteiger partial charge in [-0.1, -0.05) is 20.4 Å². The number of aliphatic hydroxyl groups is 2. The van der Waals surface area contributed by atoms with Gasteiger partial charge in [0.2, 0.25) is 0 Å². The Labute approximate surface area is 207 Å². The van der Waals surface area contributed by atoms with E-state index in [0.717, 1.165) is 0 Å². The molecular formula is C24H31ClO10. The summed E-state index contributed by atoms with van der Waals surface area (Å²) in [6.45, 7) is 11.6. The molecule has 10 nitrogen and oxygen atoms in total.